The van der Waals surface area contributed by atoms with Crippen LogP contribution < -0.4 is 14.2 Å². The Morgan fingerprint density at radius 1 is 1.14 bits per heavy atom. The summed E-state index contributed by atoms with van der Waals surface area (Å²) in [6.45, 7) is 0. The van der Waals surface area contributed by atoms with Gasteiger partial charge in [0.15, 0.2) is 5.76 Å². The Morgan fingerprint density at radius 3 is 2.69 bits per heavy atom. The van der Waals surface area contributed by atoms with E-state index >= 15 is 0 Å². The maximum atomic E-state index is 12.7. The van der Waals surface area contributed by atoms with E-state index in [1.807, 2.05) is 18.2 Å². The van der Waals surface area contributed by atoms with Crippen molar-refractivity contribution in [3.05, 3.63) is 57.8 Å². The normalized spacial score (nSPS) is 17.7. The van der Waals surface area contributed by atoms with Gasteiger partial charge in [-0.25, -0.2) is 0 Å². The van der Waals surface area contributed by atoms with E-state index in [1.54, 1.807) is 31.4 Å². The van der Waals surface area contributed by atoms with Crippen molar-refractivity contribution in [3.8, 4) is 17.2 Å². The topological polar surface area (TPSA) is 61.8 Å². The molecule has 2 aliphatic rings. The Morgan fingerprint density at radius 2 is 1.93 bits per heavy atom. The molecular weight excluding hydrogens is 436 g/mol. The Kier molecular flexibility index (Phi) is 5.72. The summed E-state index contributed by atoms with van der Waals surface area (Å²) in [7, 11) is 1.57. The number of methoxy groups -OCH3 is 1. The highest BCUT2D eigenvalue weighted by Gasteiger charge is 2.29. The third-order valence-electron chi connectivity index (χ3n) is 5.28. The molecule has 0 saturated heterocycles. The quantitative estimate of drug-likeness (QED) is 0.342. The highest BCUT2D eigenvalue weighted by Crippen LogP contribution is 2.36. The van der Waals surface area contributed by atoms with Gasteiger partial charge in [0.2, 0.25) is 5.78 Å². The average molecular weight is 457 g/mol. The minimum atomic E-state index is -0.216. The zero-order valence-corrected chi connectivity index (χ0v) is 17.7. The smallest absolute Gasteiger partial charge is 0.314 e. The third-order valence-corrected chi connectivity index (χ3v) is 5.77. The average Bonchev–Trinajstić information content (AvgIpc) is 3.03. The molecule has 1 aliphatic heterocycles. The number of Topliss-reactive ketones (excluding diaryl/α,β-unsaturated/α-hetero) is 1. The number of ketones is 1. The number of hydrogen-bond acceptors (Lipinski definition) is 5. The summed E-state index contributed by atoms with van der Waals surface area (Å²) in [5.74, 6) is 1.16. The molecule has 2 aromatic rings. The standard InChI is InChI=1S/C23H21BrO5/c1-27-19-10-7-16(24)11-15(19)12-21-22(25)18-9-8-17(13-20(18)29-21)28-23(26)14-5-3-2-4-6-14/h7-14H,2-6H2,1H3/b21-12-. The van der Waals surface area contributed by atoms with E-state index in [4.69, 9.17) is 14.2 Å². The molecule has 0 bridgehead atoms. The number of allylic oxidation sites excluding steroid dienone is 1. The molecule has 0 spiro atoms. The first kappa shape index (κ1) is 19.7. The lowest BCUT2D eigenvalue weighted by molar-refractivity contribution is -0.139. The van der Waals surface area contributed by atoms with Crippen molar-refractivity contribution in [2.24, 2.45) is 5.92 Å². The fourth-order valence-electron chi connectivity index (χ4n) is 3.73. The van der Waals surface area contributed by atoms with Crippen LogP contribution in [0, 0.1) is 5.92 Å². The molecule has 0 N–H and O–H groups in total. The van der Waals surface area contributed by atoms with Gasteiger partial charge in [0, 0.05) is 16.1 Å². The van der Waals surface area contributed by atoms with Gasteiger partial charge < -0.3 is 14.2 Å². The molecule has 0 atom stereocenters. The van der Waals surface area contributed by atoms with Gasteiger partial charge in [0.05, 0.1) is 18.6 Å². The minimum Gasteiger partial charge on any atom is -0.496 e. The lowest BCUT2D eigenvalue weighted by Crippen LogP contribution is -2.22. The summed E-state index contributed by atoms with van der Waals surface area (Å²) in [4.78, 5) is 25.1. The van der Waals surface area contributed by atoms with Gasteiger partial charge >= 0.3 is 5.97 Å². The lowest BCUT2D eigenvalue weighted by Gasteiger charge is -2.19. The minimum absolute atomic E-state index is 0.0426. The van der Waals surface area contributed by atoms with Gasteiger partial charge in [-0.05, 0) is 49.2 Å². The van der Waals surface area contributed by atoms with Crippen LogP contribution >= 0.6 is 15.9 Å². The molecule has 29 heavy (non-hydrogen) atoms. The molecule has 0 radical (unpaired) electrons. The number of benzene rings is 2. The molecule has 1 heterocycles. The van der Waals surface area contributed by atoms with Crippen molar-refractivity contribution in [1.29, 1.82) is 0 Å². The molecule has 150 valence electrons. The van der Waals surface area contributed by atoms with Crippen molar-refractivity contribution < 1.29 is 23.8 Å². The molecule has 1 fully saturated rings. The molecular formula is C23H21BrO5. The second-order valence-corrected chi connectivity index (χ2v) is 8.16. The van der Waals surface area contributed by atoms with Gasteiger partial charge in [-0.2, -0.15) is 0 Å². The van der Waals surface area contributed by atoms with Crippen LogP contribution in [0.25, 0.3) is 6.08 Å². The predicted octanol–water partition coefficient (Wildman–Crippen LogP) is 5.56. The first-order chi connectivity index (χ1) is 14.0. The monoisotopic (exact) mass is 456 g/mol. The number of hydrogen-bond donors (Lipinski definition) is 0. The summed E-state index contributed by atoms with van der Waals surface area (Å²) >= 11 is 3.42. The van der Waals surface area contributed by atoms with Gasteiger partial charge in [-0.15, -0.1) is 0 Å². The van der Waals surface area contributed by atoms with Crippen molar-refractivity contribution in [2.45, 2.75) is 32.1 Å². The molecule has 4 rings (SSSR count). The SMILES string of the molecule is COc1ccc(Br)cc1/C=C1\Oc2cc(OC(=O)C3CCCCC3)ccc2C1=O. The molecule has 1 aliphatic carbocycles. The Hall–Kier alpha value is -2.60. The number of ether oxygens (including phenoxy) is 3. The number of fused-ring (bicyclic) bond motifs is 1. The van der Waals surface area contributed by atoms with Gasteiger partial charge in [-0.1, -0.05) is 35.2 Å². The number of esters is 1. The molecule has 0 amide bonds. The Labute approximate surface area is 177 Å². The first-order valence-corrected chi connectivity index (χ1v) is 10.5. The molecule has 1 saturated carbocycles. The van der Waals surface area contributed by atoms with Crippen LogP contribution in [0.1, 0.15) is 48.0 Å². The summed E-state index contributed by atoms with van der Waals surface area (Å²) in [5.41, 5.74) is 1.17. The maximum Gasteiger partial charge on any atom is 0.314 e. The first-order valence-electron chi connectivity index (χ1n) is 9.68. The van der Waals surface area contributed by atoms with E-state index < -0.39 is 0 Å². The second kappa shape index (κ2) is 8.41. The molecule has 0 unspecified atom stereocenters. The van der Waals surface area contributed by atoms with E-state index in [0.717, 1.165) is 35.7 Å². The largest absolute Gasteiger partial charge is 0.496 e. The summed E-state index contributed by atoms with van der Waals surface area (Å²) in [6.07, 6.45) is 6.71. The zero-order valence-electron chi connectivity index (χ0n) is 16.1. The van der Waals surface area contributed by atoms with Gasteiger partial charge in [0.1, 0.15) is 17.2 Å². The van der Waals surface area contributed by atoms with Crippen molar-refractivity contribution in [3.63, 3.8) is 0 Å². The Bertz CT molecular complexity index is 989. The van der Waals surface area contributed by atoms with Crippen LogP contribution in [0.3, 0.4) is 0 Å². The second-order valence-electron chi connectivity index (χ2n) is 7.24. The molecule has 6 heteroatoms. The maximum absolute atomic E-state index is 12.7. The summed E-state index contributed by atoms with van der Waals surface area (Å²) < 4.78 is 17.5. The van der Waals surface area contributed by atoms with Crippen LogP contribution in [0.4, 0.5) is 0 Å². The van der Waals surface area contributed by atoms with E-state index in [-0.39, 0.29) is 23.4 Å². The van der Waals surface area contributed by atoms with Crippen molar-refractivity contribution >= 4 is 33.8 Å². The highest BCUT2D eigenvalue weighted by atomic mass is 79.9. The third kappa shape index (κ3) is 4.22. The van der Waals surface area contributed by atoms with Crippen LogP contribution in [-0.2, 0) is 4.79 Å². The van der Waals surface area contributed by atoms with Crippen LogP contribution in [0.2, 0.25) is 0 Å². The van der Waals surface area contributed by atoms with E-state index in [1.165, 1.54) is 6.42 Å². The summed E-state index contributed by atoms with van der Waals surface area (Å²) in [5, 5.41) is 0. The van der Waals surface area contributed by atoms with Crippen molar-refractivity contribution in [2.75, 3.05) is 7.11 Å². The Balaban J connectivity index is 1.54. The number of carbonyl (C=O) groups excluding carboxylic acids is 2. The number of rotatable bonds is 4. The van der Waals surface area contributed by atoms with Crippen LogP contribution in [0.15, 0.2) is 46.6 Å². The fourth-order valence-corrected chi connectivity index (χ4v) is 4.11. The molecule has 0 aromatic heterocycles. The van der Waals surface area contributed by atoms with Crippen molar-refractivity contribution in [1.82, 2.24) is 0 Å². The number of halogens is 1. The lowest BCUT2D eigenvalue weighted by atomic mass is 9.89. The molecule has 5 nitrogen and oxygen atoms in total. The van der Waals surface area contributed by atoms with Crippen LogP contribution in [0.5, 0.6) is 17.2 Å². The van der Waals surface area contributed by atoms with Crippen LogP contribution in [-0.4, -0.2) is 18.9 Å². The molecule has 2 aromatic carbocycles. The number of carbonyl (C=O) groups is 2. The predicted molar refractivity (Wildman–Crippen MR) is 112 cm³/mol. The van der Waals surface area contributed by atoms with Gasteiger partial charge in [0.25, 0.3) is 0 Å². The zero-order chi connectivity index (χ0) is 20.4. The summed E-state index contributed by atoms with van der Waals surface area (Å²) in [6, 6.07) is 10.4. The fraction of sp³-hybridized carbons (Fsp3) is 0.304. The van der Waals surface area contributed by atoms with Gasteiger partial charge in [-0.3, -0.25) is 9.59 Å². The highest BCUT2D eigenvalue weighted by molar-refractivity contribution is 9.10. The van der Waals surface area contributed by atoms with E-state index in [9.17, 15) is 9.59 Å². The van der Waals surface area contributed by atoms with E-state index in [2.05, 4.69) is 15.9 Å². The van der Waals surface area contributed by atoms with E-state index in [0.29, 0.717) is 22.8 Å².